The zero-order chi connectivity index (χ0) is 20.1. The highest BCUT2D eigenvalue weighted by molar-refractivity contribution is 6.32. The van der Waals surface area contributed by atoms with Gasteiger partial charge in [-0.05, 0) is 49.2 Å². The Labute approximate surface area is 169 Å². The number of rotatable bonds is 5. The molecule has 146 valence electrons. The monoisotopic (exact) mass is 399 g/mol. The smallest absolute Gasteiger partial charge is 0.253 e. The predicted molar refractivity (Wildman–Crippen MR) is 108 cm³/mol. The summed E-state index contributed by atoms with van der Waals surface area (Å²) in [5.74, 6) is 1.13. The Hall–Kier alpha value is -2.91. The molecule has 0 atom stereocenters. The van der Waals surface area contributed by atoms with Crippen LogP contribution in [0.4, 0.5) is 5.69 Å². The van der Waals surface area contributed by atoms with E-state index in [9.17, 15) is 4.79 Å². The van der Waals surface area contributed by atoms with E-state index in [0.717, 1.165) is 18.5 Å². The number of nitriles is 1. The van der Waals surface area contributed by atoms with E-state index in [1.807, 2.05) is 11.0 Å². The van der Waals surface area contributed by atoms with Crippen molar-refractivity contribution in [1.82, 2.24) is 4.90 Å². The summed E-state index contributed by atoms with van der Waals surface area (Å²) in [6, 6.07) is 12.8. The number of carbonyl (C=O) groups excluding carboxylic acids is 1. The van der Waals surface area contributed by atoms with Crippen molar-refractivity contribution < 1.29 is 14.3 Å². The van der Waals surface area contributed by atoms with Crippen molar-refractivity contribution in [3.05, 3.63) is 52.5 Å². The second-order valence-corrected chi connectivity index (χ2v) is 6.99. The molecule has 28 heavy (non-hydrogen) atoms. The third kappa shape index (κ3) is 4.32. The van der Waals surface area contributed by atoms with Crippen molar-refractivity contribution >= 4 is 23.2 Å². The van der Waals surface area contributed by atoms with E-state index >= 15 is 0 Å². The lowest BCUT2D eigenvalue weighted by atomic mass is 10.0. The fourth-order valence-electron chi connectivity index (χ4n) is 3.31. The lowest BCUT2D eigenvalue weighted by Crippen LogP contribution is -2.42. The molecule has 0 spiro atoms. The van der Waals surface area contributed by atoms with Gasteiger partial charge in [-0.15, -0.1) is 0 Å². The van der Waals surface area contributed by atoms with Gasteiger partial charge in [0.1, 0.15) is 6.07 Å². The second-order valence-electron chi connectivity index (χ2n) is 6.59. The number of piperidine rings is 1. The van der Waals surface area contributed by atoms with E-state index in [1.54, 1.807) is 44.6 Å². The van der Waals surface area contributed by atoms with E-state index in [-0.39, 0.29) is 11.9 Å². The third-order valence-corrected chi connectivity index (χ3v) is 5.19. The number of benzene rings is 2. The first-order chi connectivity index (χ1) is 13.5. The number of likely N-dealkylation sites (tertiary alicyclic amines) is 1. The van der Waals surface area contributed by atoms with E-state index < -0.39 is 0 Å². The van der Waals surface area contributed by atoms with Crippen LogP contribution in [0.1, 0.15) is 28.8 Å². The molecule has 0 aromatic heterocycles. The van der Waals surface area contributed by atoms with Crippen LogP contribution in [0.25, 0.3) is 0 Å². The molecule has 0 bridgehead atoms. The van der Waals surface area contributed by atoms with Crippen molar-refractivity contribution in [2.45, 2.75) is 18.9 Å². The summed E-state index contributed by atoms with van der Waals surface area (Å²) in [5.41, 5.74) is 1.93. The van der Waals surface area contributed by atoms with Gasteiger partial charge in [-0.25, -0.2) is 0 Å². The van der Waals surface area contributed by atoms with E-state index in [4.69, 9.17) is 26.3 Å². The Bertz CT molecular complexity index is 902. The summed E-state index contributed by atoms with van der Waals surface area (Å²) in [6.45, 7) is 1.32. The van der Waals surface area contributed by atoms with Gasteiger partial charge in [-0.1, -0.05) is 11.6 Å². The zero-order valence-corrected chi connectivity index (χ0v) is 16.6. The summed E-state index contributed by atoms with van der Waals surface area (Å²) in [5, 5.41) is 12.8. The molecule has 1 fully saturated rings. The quantitative estimate of drug-likeness (QED) is 0.824. The molecule has 0 unspecified atom stereocenters. The Kier molecular flexibility index (Phi) is 6.27. The van der Waals surface area contributed by atoms with Crippen LogP contribution in [0.15, 0.2) is 36.4 Å². The third-order valence-electron chi connectivity index (χ3n) is 4.87. The fourth-order valence-corrected chi connectivity index (χ4v) is 3.53. The molecule has 0 radical (unpaired) electrons. The van der Waals surface area contributed by atoms with Crippen LogP contribution in [0.2, 0.25) is 5.02 Å². The number of carbonyl (C=O) groups is 1. The minimum absolute atomic E-state index is 0.0131. The first kappa shape index (κ1) is 19.8. The van der Waals surface area contributed by atoms with Crippen molar-refractivity contribution in [3.63, 3.8) is 0 Å². The van der Waals surface area contributed by atoms with Crippen LogP contribution >= 0.6 is 11.6 Å². The minimum atomic E-state index is -0.0131. The fraction of sp³-hybridized carbons (Fsp3) is 0.333. The van der Waals surface area contributed by atoms with Gasteiger partial charge in [0.05, 0.1) is 24.8 Å². The SMILES string of the molecule is COc1ccc(C(=O)N2CCC(Nc3ccc(C#N)c(Cl)c3)CC2)cc1OC. The number of amides is 1. The lowest BCUT2D eigenvalue weighted by molar-refractivity contribution is 0.0718. The number of halogens is 1. The molecule has 7 heteroatoms. The molecule has 1 aliphatic rings. The Morgan fingerprint density at radius 2 is 1.86 bits per heavy atom. The van der Waals surface area contributed by atoms with Crippen molar-refractivity contribution in [2.75, 3.05) is 32.6 Å². The maximum atomic E-state index is 12.8. The van der Waals surface area contributed by atoms with Gasteiger partial charge in [-0.3, -0.25) is 4.79 Å². The summed E-state index contributed by atoms with van der Waals surface area (Å²) in [4.78, 5) is 14.7. The van der Waals surface area contributed by atoms with Gasteiger partial charge in [0.25, 0.3) is 5.91 Å². The summed E-state index contributed by atoms with van der Waals surface area (Å²) >= 11 is 6.09. The lowest BCUT2D eigenvalue weighted by Gasteiger charge is -2.33. The van der Waals surface area contributed by atoms with Gasteiger partial charge in [0.2, 0.25) is 0 Å². The topological polar surface area (TPSA) is 74.6 Å². The average molecular weight is 400 g/mol. The van der Waals surface area contributed by atoms with Crippen LogP contribution in [0, 0.1) is 11.3 Å². The molecule has 1 amide bonds. The van der Waals surface area contributed by atoms with Gasteiger partial charge >= 0.3 is 0 Å². The Morgan fingerprint density at radius 3 is 2.46 bits per heavy atom. The van der Waals surface area contributed by atoms with Gasteiger partial charge in [-0.2, -0.15) is 5.26 Å². The maximum absolute atomic E-state index is 12.8. The molecule has 2 aromatic rings. The molecule has 0 aliphatic carbocycles. The first-order valence-electron chi connectivity index (χ1n) is 9.03. The Morgan fingerprint density at radius 1 is 1.14 bits per heavy atom. The molecule has 1 heterocycles. The maximum Gasteiger partial charge on any atom is 0.253 e. The van der Waals surface area contributed by atoms with Crippen LogP contribution in [-0.4, -0.2) is 44.2 Å². The number of nitrogens with one attached hydrogen (secondary N) is 1. The highest BCUT2D eigenvalue weighted by Gasteiger charge is 2.24. The number of hydrogen-bond acceptors (Lipinski definition) is 5. The van der Waals surface area contributed by atoms with Crippen LogP contribution in [0.3, 0.4) is 0 Å². The molecule has 1 saturated heterocycles. The standard InChI is InChI=1S/C21H22ClN3O3/c1-27-19-6-4-14(11-20(19)28-2)21(26)25-9-7-16(8-10-25)24-17-5-3-15(13-23)18(22)12-17/h3-6,11-12,16,24H,7-10H2,1-2H3. The molecule has 0 saturated carbocycles. The van der Waals surface area contributed by atoms with E-state index in [1.165, 1.54) is 0 Å². The average Bonchev–Trinajstić information content (AvgIpc) is 2.73. The number of ether oxygens (including phenoxy) is 2. The van der Waals surface area contributed by atoms with Gasteiger partial charge < -0.3 is 19.7 Å². The number of nitrogens with zero attached hydrogens (tertiary/aromatic N) is 2. The molecule has 1 N–H and O–H groups in total. The van der Waals surface area contributed by atoms with Crippen molar-refractivity contribution in [2.24, 2.45) is 0 Å². The summed E-state index contributed by atoms with van der Waals surface area (Å²) in [6.07, 6.45) is 1.66. The molecule has 3 rings (SSSR count). The highest BCUT2D eigenvalue weighted by atomic mass is 35.5. The molecule has 6 nitrogen and oxygen atoms in total. The minimum Gasteiger partial charge on any atom is -0.493 e. The number of hydrogen-bond donors (Lipinski definition) is 1. The second kappa shape index (κ2) is 8.85. The van der Waals surface area contributed by atoms with E-state index in [2.05, 4.69) is 11.4 Å². The van der Waals surface area contributed by atoms with Crippen LogP contribution < -0.4 is 14.8 Å². The molecular weight excluding hydrogens is 378 g/mol. The zero-order valence-electron chi connectivity index (χ0n) is 15.9. The van der Waals surface area contributed by atoms with Gasteiger partial charge in [0, 0.05) is 30.4 Å². The number of methoxy groups -OCH3 is 2. The largest absolute Gasteiger partial charge is 0.493 e. The predicted octanol–water partition coefficient (Wildman–Crippen LogP) is 3.95. The molecular formula is C21H22ClN3O3. The van der Waals surface area contributed by atoms with Crippen molar-refractivity contribution in [3.8, 4) is 17.6 Å². The van der Waals surface area contributed by atoms with E-state index in [0.29, 0.717) is 40.7 Å². The highest BCUT2D eigenvalue weighted by Crippen LogP contribution is 2.29. The van der Waals surface area contributed by atoms with Gasteiger partial charge in [0.15, 0.2) is 11.5 Å². The summed E-state index contributed by atoms with van der Waals surface area (Å²) < 4.78 is 10.5. The molecule has 2 aromatic carbocycles. The number of anilines is 1. The first-order valence-corrected chi connectivity index (χ1v) is 9.41. The molecule has 1 aliphatic heterocycles. The van der Waals surface area contributed by atoms with Crippen LogP contribution in [-0.2, 0) is 0 Å². The Balaban J connectivity index is 1.60. The van der Waals surface area contributed by atoms with Crippen LogP contribution in [0.5, 0.6) is 11.5 Å². The van der Waals surface area contributed by atoms with Crippen molar-refractivity contribution in [1.29, 1.82) is 5.26 Å². The normalized spacial score (nSPS) is 14.3. The summed E-state index contributed by atoms with van der Waals surface area (Å²) in [7, 11) is 3.12.